The number of nitrogens with one attached hydrogen (secondary N) is 1. The average molecular weight is 347 g/mol. The second kappa shape index (κ2) is 7.95. The van der Waals surface area contributed by atoms with Gasteiger partial charge in [-0.15, -0.1) is 0 Å². The molecule has 0 unspecified atom stereocenters. The molecule has 1 aromatic carbocycles. The van der Waals surface area contributed by atoms with Crippen molar-refractivity contribution in [1.29, 1.82) is 0 Å². The largest absolute Gasteiger partial charge is 0.497 e. The van der Waals surface area contributed by atoms with Crippen molar-refractivity contribution in [1.82, 2.24) is 15.1 Å². The van der Waals surface area contributed by atoms with Gasteiger partial charge in [-0.05, 0) is 62.5 Å². The maximum atomic E-state index is 12.6. The van der Waals surface area contributed by atoms with E-state index in [-0.39, 0.29) is 6.03 Å². The van der Waals surface area contributed by atoms with Crippen LogP contribution in [-0.4, -0.2) is 69.3 Å². The number of nitrogens with zero attached hydrogens (tertiary/aromatic N) is 2. The van der Waals surface area contributed by atoms with Gasteiger partial charge in [0.25, 0.3) is 0 Å². The number of benzene rings is 1. The van der Waals surface area contributed by atoms with E-state index in [0.29, 0.717) is 24.9 Å². The summed E-state index contributed by atoms with van der Waals surface area (Å²) in [5.41, 5.74) is 1.04. The summed E-state index contributed by atoms with van der Waals surface area (Å²) in [4.78, 5) is 17.0. The van der Waals surface area contributed by atoms with E-state index in [0.717, 1.165) is 43.1 Å². The Labute approximate surface area is 150 Å². The topological polar surface area (TPSA) is 54.0 Å². The summed E-state index contributed by atoms with van der Waals surface area (Å²) >= 11 is 0. The maximum absolute atomic E-state index is 12.6. The zero-order chi connectivity index (χ0) is 17.8. The fourth-order valence-corrected chi connectivity index (χ4v) is 4.03. The summed E-state index contributed by atoms with van der Waals surface area (Å²) < 4.78 is 10.7. The molecule has 6 nitrogen and oxygen atoms in total. The lowest BCUT2D eigenvalue weighted by atomic mass is 9.92. The van der Waals surface area contributed by atoms with Gasteiger partial charge >= 0.3 is 6.03 Å². The molecule has 1 aromatic rings. The summed E-state index contributed by atoms with van der Waals surface area (Å²) in [5.74, 6) is 2.29. The van der Waals surface area contributed by atoms with Crippen molar-refractivity contribution in [3.8, 4) is 11.5 Å². The molecular weight excluding hydrogens is 318 g/mol. The fraction of sp³-hybridized carbons (Fsp3) is 0.632. The lowest BCUT2D eigenvalue weighted by molar-refractivity contribution is 0.131. The number of urea groups is 1. The Morgan fingerprint density at radius 3 is 2.80 bits per heavy atom. The number of hydrogen-bond donors (Lipinski definition) is 1. The lowest BCUT2D eigenvalue weighted by Gasteiger charge is -2.36. The summed E-state index contributed by atoms with van der Waals surface area (Å²) in [5, 5.41) is 3.08. The molecule has 1 N–H and O–H groups in total. The first-order valence-corrected chi connectivity index (χ1v) is 9.06. The van der Waals surface area contributed by atoms with E-state index >= 15 is 0 Å². The van der Waals surface area contributed by atoms with Crippen molar-refractivity contribution in [3.63, 3.8) is 0 Å². The van der Waals surface area contributed by atoms with Crippen LogP contribution in [0.4, 0.5) is 4.79 Å². The molecule has 6 heteroatoms. The Hall–Kier alpha value is -1.95. The van der Waals surface area contributed by atoms with Gasteiger partial charge in [-0.3, -0.25) is 0 Å². The van der Waals surface area contributed by atoms with Crippen LogP contribution >= 0.6 is 0 Å². The number of rotatable bonds is 5. The maximum Gasteiger partial charge on any atom is 0.317 e. The molecule has 2 fully saturated rings. The van der Waals surface area contributed by atoms with Crippen LogP contribution in [-0.2, 0) is 6.42 Å². The first kappa shape index (κ1) is 17.9. The number of amides is 2. The highest BCUT2D eigenvalue weighted by molar-refractivity contribution is 5.75. The van der Waals surface area contributed by atoms with Crippen molar-refractivity contribution in [2.45, 2.75) is 25.3 Å². The lowest BCUT2D eigenvalue weighted by Crippen LogP contribution is -2.51. The van der Waals surface area contributed by atoms with E-state index in [1.54, 1.807) is 14.2 Å². The van der Waals surface area contributed by atoms with Gasteiger partial charge in [0.2, 0.25) is 0 Å². The predicted octanol–water partition coefficient (Wildman–Crippen LogP) is 1.98. The van der Waals surface area contributed by atoms with Crippen LogP contribution in [0.15, 0.2) is 18.2 Å². The minimum Gasteiger partial charge on any atom is -0.497 e. The second-order valence-corrected chi connectivity index (χ2v) is 7.02. The molecule has 0 saturated carbocycles. The van der Waals surface area contributed by atoms with Crippen LogP contribution < -0.4 is 14.8 Å². The standard InChI is InChI=1S/C19H29N3O3/c1-21-10-7-14-8-11-22(17(14)13-21)19(23)20-9-6-15-12-16(24-2)4-5-18(15)25-3/h4-5,12,14,17H,6-11,13H2,1-3H3,(H,20,23)/t14-,17-/m0/s1. The van der Waals surface area contributed by atoms with Gasteiger partial charge in [-0.25, -0.2) is 4.79 Å². The van der Waals surface area contributed by atoms with E-state index in [2.05, 4.69) is 17.3 Å². The molecule has 0 aromatic heterocycles. The van der Waals surface area contributed by atoms with Gasteiger partial charge < -0.3 is 24.6 Å². The Morgan fingerprint density at radius 1 is 1.24 bits per heavy atom. The third-order valence-electron chi connectivity index (χ3n) is 5.48. The van der Waals surface area contributed by atoms with Gasteiger partial charge in [0.15, 0.2) is 0 Å². The van der Waals surface area contributed by atoms with Crippen LogP contribution in [0.25, 0.3) is 0 Å². The Bertz CT molecular complexity index is 608. The number of piperidine rings is 1. The molecule has 2 atom stereocenters. The van der Waals surface area contributed by atoms with Crippen molar-refractivity contribution in [2.24, 2.45) is 5.92 Å². The zero-order valence-corrected chi connectivity index (χ0v) is 15.5. The molecule has 2 saturated heterocycles. The van der Waals surface area contributed by atoms with Crippen LogP contribution in [0.5, 0.6) is 11.5 Å². The van der Waals surface area contributed by atoms with Crippen LogP contribution in [0, 0.1) is 5.92 Å². The molecule has 138 valence electrons. The number of carbonyl (C=O) groups excluding carboxylic acids is 1. The molecule has 0 aliphatic carbocycles. The molecule has 2 amide bonds. The number of hydrogen-bond acceptors (Lipinski definition) is 4. The fourth-order valence-electron chi connectivity index (χ4n) is 4.03. The highest BCUT2D eigenvalue weighted by Gasteiger charge is 2.39. The van der Waals surface area contributed by atoms with Crippen LogP contribution in [0.1, 0.15) is 18.4 Å². The second-order valence-electron chi connectivity index (χ2n) is 7.02. The first-order chi connectivity index (χ1) is 12.1. The molecule has 0 spiro atoms. The molecule has 0 radical (unpaired) electrons. The van der Waals surface area contributed by atoms with Gasteiger partial charge in [0.05, 0.1) is 14.2 Å². The first-order valence-electron chi connectivity index (χ1n) is 9.06. The zero-order valence-electron chi connectivity index (χ0n) is 15.5. The molecule has 3 rings (SSSR count). The van der Waals surface area contributed by atoms with Gasteiger partial charge in [0.1, 0.15) is 11.5 Å². The summed E-state index contributed by atoms with van der Waals surface area (Å²) in [6, 6.07) is 6.17. The molecular formula is C19H29N3O3. The Kier molecular flexibility index (Phi) is 5.68. The van der Waals surface area contributed by atoms with E-state index < -0.39 is 0 Å². The van der Waals surface area contributed by atoms with Gasteiger partial charge in [-0.2, -0.15) is 0 Å². The monoisotopic (exact) mass is 347 g/mol. The SMILES string of the molecule is COc1ccc(OC)c(CCNC(=O)N2CC[C@@H]3CCN(C)C[C@@H]32)c1. The van der Waals surface area contributed by atoms with E-state index in [1.165, 1.54) is 6.42 Å². The summed E-state index contributed by atoms with van der Waals surface area (Å²) in [6.07, 6.45) is 3.05. The summed E-state index contributed by atoms with van der Waals surface area (Å²) in [7, 11) is 5.45. The van der Waals surface area contributed by atoms with Crippen molar-refractivity contribution in [2.75, 3.05) is 47.4 Å². The normalized spacial score (nSPS) is 23.2. The van der Waals surface area contributed by atoms with E-state index in [9.17, 15) is 4.79 Å². The number of likely N-dealkylation sites (tertiary alicyclic amines) is 2. The van der Waals surface area contributed by atoms with Gasteiger partial charge in [0, 0.05) is 25.7 Å². The highest BCUT2D eigenvalue weighted by atomic mass is 16.5. The Balaban J connectivity index is 1.54. The molecule has 2 heterocycles. The van der Waals surface area contributed by atoms with Crippen molar-refractivity contribution in [3.05, 3.63) is 23.8 Å². The molecule has 2 aliphatic rings. The van der Waals surface area contributed by atoms with E-state index in [1.807, 2.05) is 23.1 Å². The van der Waals surface area contributed by atoms with Crippen molar-refractivity contribution >= 4 is 6.03 Å². The molecule has 25 heavy (non-hydrogen) atoms. The smallest absolute Gasteiger partial charge is 0.317 e. The van der Waals surface area contributed by atoms with Crippen LogP contribution in [0.2, 0.25) is 0 Å². The number of fused-ring (bicyclic) bond motifs is 1. The highest BCUT2D eigenvalue weighted by Crippen LogP contribution is 2.31. The minimum absolute atomic E-state index is 0.0599. The number of likely N-dealkylation sites (N-methyl/N-ethyl adjacent to an activating group) is 1. The third kappa shape index (κ3) is 4.00. The quantitative estimate of drug-likeness (QED) is 0.885. The number of methoxy groups -OCH3 is 2. The predicted molar refractivity (Wildman–Crippen MR) is 97.4 cm³/mol. The van der Waals surface area contributed by atoms with E-state index in [4.69, 9.17) is 9.47 Å². The van der Waals surface area contributed by atoms with Crippen LogP contribution in [0.3, 0.4) is 0 Å². The molecule has 2 aliphatic heterocycles. The minimum atomic E-state index is 0.0599. The van der Waals surface area contributed by atoms with Crippen molar-refractivity contribution < 1.29 is 14.3 Å². The number of ether oxygens (including phenoxy) is 2. The van der Waals surface area contributed by atoms with Gasteiger partial charge in [-0.1, -0.05) is 0 Å². The Morgan fingerprint density at radius 2 is 2.04 bits per heavy atom. The number of carbonyl (C=O) groups is 1. The molecule has 0 bridgehead atoms. The third-order valence-corrected chi connectivity index (χ3v) is 5.48. The summed E-state index contributed by atoms with van der Waals surface area (Å²) in [6.45, 7) is 3.59. The average Bonchev–Trinajstić information content (AvgIpc) is 3.04.